The molecular formula is C20H23N3O5S2. The van der Waals surface area contributed by atoms with Crippen molar-refractivity contribution in [2.24, 2.45) is 5.92 Å². The first kappa shape index (κ1) is 21.0. The lowest BCUT2D eigenvalue weighted by molar-refractivity contribution is -0.156. The molecular weight excluding hydrogens is 426 g/mol. The average molecular weight is 450 g/mol. The van der Waals surface area contributed by atoms with Gasteiger partial charge >= 0.3 is 5.97 Å². The van der Waals surface area contributed by atoms with E-state index in [-0.39, 0.29) is 30.5 Å². The number of piperidine rings is 1. The van der Waals surface area contributed by atoms with E-state index in [1.165, 1.54) is 27.6 Å². The number of nitrogens with zero attached hydrogens (tertiary/aromatic N) is 3. The first-order chi connectivity index (χ1) is 14.4. The lowest BCUT2D eigenvalue weighted by Gasteiger charge is -2.30. The Morgan fingerprint density at radius 1 is 1.20 bits per heavy atom. The molecule has 0 spiro atoms. The fourth-order valence-corrected chi connectivity index (χ4v) is 6.11. The van der Waals surface area contributed by atoms with Gasteiger partial charge in [-0.1, -0.05) is 0 Å². The van der Waals surface area contributed by atoms with Crippen molar-refractivity contribution in [1.29, 1.82) is 0 Å². The van der Waals surface area contributed by atoms with Crippen LogP contribution in [0.5, 0.6) is 0 Å². The summed E-state index contributed by atoms with van der Waals surface area (Å²) in [5.41, 5.74) is 1.16. The normalized spacial score (nSPS) is 18.1. The molecule has 0 N–H and O–H groups in total. The topological polar surface area (TPSA) is 96.9 Å². The fourth-order valence-electron chi connectivity index (χ4n) is 3.78. The molecule has 1 amide bonds. The van der Waals surface area contributed by atoms with Crippen molar-refractivity contribution >= 4 is 33.2 Å². The van der Waals surface area contributed by atoms with E-state index in [1.54, 1.807) is 22.3 Å². The number of aromatic nitrogens is 1. The van der Waals surface area contributed by atoms with E-state index in [2.05, 4.69) is 4.98 Å². The molecule has 0 radical (unpaired) electrons. The molecule has 2 aliphatic heterocycles. The van der Waals surface area contributed by atoms with Gasteiger partial charge in [0.25, 0.3) is 5.91 Å². The summed E-state index contributed by atoms with van der Waals surface area (Å²) in [6, 6.07) is 5.11. The van der Waals surface area contributed by atoms with E-state index in [1.807, 2.05) is 11.4 Å². The second kappa shape index (κ2) is 8.83. The maximum Gasteiger partial charge on any atom is 0.309 e. The number of rotatable bonds is 5. The van der Waals surface area contributed by atoms with Gasteiger partial charge in [-0.15, -0.1) is 11.3 Å². The molecule has 160 valence electrons. The number of fused-ring (bicyclic) bond motifs is 1. The Bertz CT molecular complexity index is 1010. The third kappa shape index (κ3) is 4.40. The number of ether oxygens (including phenoxy) is 1. The lowest BCUT2D eigenvalue weighted by Crippen LogP contribution is -2.42. The molecule has 0 aromatic carbocycles. The van der Waals surface area contributed by atoms with Gasteiger partial charge in [-0.05, 0) is 48.4 Å². The second-order valence-electron chi connectivity index (χ2n) is 7.41. The zero-order chi connectivity index (χ0) is 21.1. The van der Waals surface area contributed by atoms with Crippen molar-refractivity contribution in [3.63, 3.8) is 0 Å². The number of pyridine rings is 1. The maximum absolute atomic E-state index is 12.6. The van der Waals surface area contributed by atoms with Gasteiger partial charge in [-0.2, -0.15) is 4.31 Å². The lowest BCUT2D eigenvalue weighted by atomic mass is 9.98. The Labute approximate surface area is 179 Å². The molecule has 2 aliphatic rings. The summed E-state index contributed by atoms with van der Waals surface area (Å²) in [6.45, 7) is 1.39. The van der Waals surface area contributed by atoms with Gasteiger partial charge in [-0.3, -0.25) is 14.6 Å². The van der Waals surface area contributed by atoms with Crippen LogP contribution in [-0.2, 0) is 37.3 Å². The number of carbonyl (C=O) groups is 2. The van der Waals surface area contributed by atoms with Gasteiger partial charge in [0.05, 0.1) is 5.92 Å². The van der Waals surface area contributed by atoms with E-state index in [0.717, 1.165) is 12.0 Å². The molecule has 0 unspecified atom stereocenters. The van der Waals surface area contributed by atoms with E-state index in [0.29, 0.717) is 25.9 Å². The number of thiophene rings is 1. The molecule has 0 aliphatic carbocycles. The van der Waals surface area contributed by atoms with Gasteiger partial charge < -0.3 is 9.64 Å². The number of amides is 1. The minimum absolute atomic E-state index is 0.145. The van der Waals surface area contributed by atoms with E-state index in [9.17, 15) is 18.0 Å². The van der Waals surface area contributed by atoms with Crippen LogP contribution in [0.3, 0.4) is 0 Å². The van der Waals surface area contributed by atoms with Gasteiger partial charge in [0.15, 0.2) is 6.61 Å². The minimum atomic E-state index is -3.61. The third-order valence-corrected chi connectivity index (χ3v) is 8.46. The molecule has 2 aromatic rings. The first-order valence-electron chi connectivity index (χ1n) is 9.85. The Morgan fingerprint density at radius 3 is 2.73 bits per heavy atom. The molecule has 4 heterocycles. The summed E-state index contributed by atoms with van der Waals surface area (Å²) in [4.78, 5) is 31.8. The predicted molar refractivity (Wildman–Crippen MR) is 110 cm³/mol. The van der Waals surface area contributed by atoms with Crippen LogP contribution in [0.1, 0.15) is 23.3 Å². The summed E-state index contributed by atoms with van der Waals surface area (Å²) in [5, 5.41) is 2.03. The summed E-state index contributed by atoms with van der Waals surface area (Å²) in [6.07, 6.45) is 4.41. The highest BCUT2D eigenvalue weighted by Crippen LogP contribution is 2.25. The standard InChI is InChI=1S/C20H23N3O5S2/c24-19(22-8-5-18-16(13-22)6-11-29-18)14-28-20(25)15-3-9-23(10-4-15)30(26,27)17-2-1-7-21-12-17/h1-2,6-7,11-12,15H,3-5,8-10,13-14H2. The van der Waals surface area contributed by atoms with Crippen molar-refractivity contribution in [1.82, 2.24) is 14.2 Å². The van der Waals surface area contributed by atoms with Gasteiger partial charge in [0, 0.05) is 43.4 Å². The highest BCUT2D eigenvalue weighted by Gasteiger charge is 2.33. The van der Waals surface area contributed by atoms with Crippen LogP contribution in [-0.4, -0.2) is 60.7 Å². The van der Waals surface area contributed by atoms with Gasteiger partial charge in [0.2, 0.25) is 10.0 Å². The smallest absolute Gasteiger partial charge is 0.309 e. The number of carbonyl (C=O) groups excluding carboxylic acids is 2. The van der Waals surface area contributed by atoms with Crippen molar-refractivity contribution < 1.29 is 22.7 Å². The minimum Gasteiger partial charge on any atom is -0.455 e. The number of hydrogen-bond donors (Lipinski definition) is 0. The molecule has 1 saturated heterocycles. The molecule has 8 nitrogen and oxygen atoms in total. The van der Waals surface area contributed by atoms with E-state index in [4.69, 9.17) is 4.74 Å². The average Bonchev–Trinajstić information content (AvgIpc) is 3.26. The van der Waals surface area contributed by atoms with Crippen molar-refractivity contribution in [3.8, 4) is 0 Å². The highest BCUT2D eigenvalue weighted by molar-refractivity contribution is 7.89. The third-order valence-electron chi connectivity index (χ3n) is 5.56. The molecule has 0 atom stereocenters. The largest absolute Gasteiger partial charge is 0.455 e. The monoisotopic (exact) mass is 449 g/mol. The van der Waals surface area contributed by atoms with E-state index >= 15 is 0 Å². The Kier molecular flexibility index (Phi) is 6.16. The molecule has 1 fully saturated rings. The van der Waals surface area contributed by atoms with Crippen LogP contribution in [0.4, 0.5) is 0 Å². The van der Waals surface area contributed by atoms with Crippen LogP contribution in [0.15, 0.2) is 40.9 Å². The number of esters is 1. The first-order valence-corrected chi connectivity index (χ1v) is 12.2. The van der Waals surface area contributed by atoms with Crippen molar-refractivity contribution in [3.05, 3.63) is 46.4 Å². The molecule has 0 saturated carbocycles. The molecule has 4 rings (SSSR count). The van der Waals surface area contributed by atoms with E-state index < -0.39 is 21.9 Å². The quantitative estimate of drug-likeness (QED) is 0.645. The Hall–Kier alpha value is -2.30. The predicted octanol–water partition coefficient (Wildman–Crippen LogP) is 1.67. The van der Waals surface area contributed by atoms with Gasteiger partial charge in [-0.25, -0.2) is 8.42 Å². The van der Waals surface area contributed by atoms with Crippen LogP contribution in [0, 0.1) is 5.92 Å². The summed E-state index contributed by atoms with van der Waals surface area (Å²) in [5.74, 6) is -1.03. The zero-order valence-corrected chi connectivity index (χ0v) is 18.0. The second-order valence-corrected chi connectivity index (χ2v) is 10.3. The van der Waals surface area contributed by atoms with Gasteiger partial charge in [0.1, 0.15) is 4.90 Å². The number of sulfonamides is 1. The van der Waals surface area contributed by atoms with Crippen molar-refractivity contribution in [2.45, 2.75) is 30.7 Å². The number of hydrogen-bond acceptors (Lipinski definition) is 7. The van der Waals surface area contributed by atoms with Crippen LogP contribution >= 0.6 is 11.3 Å². The maximum atomic E-state index is 12.6. The molecule has 30 heavy (non-hydrogen) atoms. The Morgan fingerprint density at radius 2 is 2.00 bits per heavy atom. The van der Waals surface area contributed by atoms with Crippen molar-refractivity contribution in [2.75, 3.05) is 26.2 Å². The summed E-state index contributed by atoms with van der Waals surface area (Å²) in [7, 11) is -3.61. The highest BCUT2D eigenvalue weighted by atomic mass is 32.2. The van der Waals surface area contributed by atoms with Crippen LogP contribution < -0.4 is 0 Å². The zero-order valence-electron chi connectivity index (χ0n) is 16.4. The molecule has 0 bridgehead atoms. The molecule has 10 heteroatoms. The Balaban J connectivity index is 1.25. The van der Waals surface area contributed by atoms with Crippen LogP contribution in [0.25, 0.3) is 0 Å². The fraction of sp³-hybridized carbons (Fsp3) is 0.450. The summed E-state index contributed by atoms with van der Waals surface area (Å²) < 4.78 is 31.9. The summed E-state index contributed by atoms with van der Waals surface area (Å²) >= 11 is 1.70. The molecule has 2 aromatic heterocycles. The SMILES string of the molecule is O=C(OCC(=O)N1CCc2sccc2C1)C1CCN(S(=O)(=O)c2cccnc2)CC1. The van der Waals surface area contributed by atoms with Crippen LogP contribution in [0.2, 0.25) is 0 Å².